The minimum absolute atomic E-state index is 0. The maximum atomic E-state index is 13.0. The van der Waals surface area contributed by atoms with E-state index in [9.17, 15) is 24.3 Å². The van der Waals surface area contributed by atoms with E-state index >= 15 is 0 Å². The number of aromatic nitrogens is 10. The van der Waals surface area contributed by atoms with Crippen LogP contribution in [0.2, 0.25) is 20.6 Å². The van der Waals surface area contributed by atoms with Crippen molar-refractivity contribution < 1.29 is 38.3 Å². The largest absolute Gasteiger partial charge is 1.00 e. The van der Waals surface area contributed by atoms with Crippen LogP contribution in [0, 0.1) is 0 Å². The van der Waals surface area contributed by atoms with Crippen LogP contribution in [0.25, 0.3) is 22.6 Å². The van der Waals surface area contributed by atoms with Crippen molar-refractivity contribution in [3.8, 4) is 0 Å². The summed E-state index contributed by atoms with van der Waals surface area (Å²) >= 11 is 24.1. The van der Waals surface area contributed by atoms with Crippen molar-refractivity contribution in [2.24, 2.45) is 0 Å². The third kappa shape index (κ3) is 13.8. The number of likely N-dealkylation sites (tertiary alicyclic amines) is 1. The van der Waals surface area contributed by atoms with Crippen molar-refractivity contribution in [1.29, 1.82) is 0 Å². The van der Waals surface area contributed by atoms with Gasteiger partial charge in [0.05, 0.1) is 11.5 Å². The van der Waals surface area contributed by atoms with Gasteiger partial charge in [0.2, 0.25) is 0 Å². The molecule has 0 aromatic carbocycles. The molecule has 6 aromatic heterocycles. The van der Waals surface area contributed by atoms with Crippen LogP contribution in [0.3, 0.4) is 0 Å². The Morgan fingerprint density at radius 1 is 0.622 bits per heavy atom. The predicted molar refractivity (Wildman–Crippen MR) is 281 cm³/mol. The van der Waals surface area contributed by atoms with E-state index in [1.807, 2.05) is 4.90 Å². The topological polar surface area (TPSA) is 312 Å². The van der Waals surface area contributed by atoms with Gasteiger partial charge < -0.3 is 41.4 Å². The number of piperidine rings is 2. The number of amides is 1. The first-order chi connectivity index (χ1) is 34.1. The van der Waals surface area contributed by atoms with Gasteiger partial charge in [-0.25, -0.2) is 39.5 Å². The molecular formula is C45H60Cl4FLiN18O5. The molecule has 0 radical (unpaired) electrons. The number of nitrogen functional groups attached to an aromatic ring is 2. The van der Waals surface area contributed by atoms with Crippen molar-refractivity contribution in [1.82, 2.24) is 69.9 Å². The van der Waals surface area contributed by atoms with Crippen LogP contribution < -0.4 is 61.9 Å². The van der Waals surface area contributed by atoms with Gasteiger partial charge in [0.25, 0.3) is 5.91 Å². The monoisotopic (exact) mass is 1100 g/mol. The van der Waals surface area contributed by atoms with Crippen LogP contribution in [0.1, 0.15) is 80.5 Å². The van der Waals surface area contributed by atoms with Crippen LogP contribution in [0.15, 0.2) is 33.9 Å². The van der Waals surface area contributed by atoms with Gasteiger partial charge in [-0.3, -0.25) is 39.2 Å². The summed E-state index contributed by atoms with van der Waals surface area (Å²) < 4.78 is 0. The van der Waals surface area contributed by atoms with E-state index in [0.29, 0.717) is 82.2 Å². The van der Waals surface area contributed by atoms with Gasteiger partial charge in [-0.05, 0) is 75.9 Å². The quantitative estimate of drug-likeness (QED) is 0.0809. The molecule has 0 saturated carbocycles. The van der Waals surface area contributed by atoms with E-state index in [2.05, 4.69) is 88.6 Å². The Bertz CT molecular complexity index is 2990. The first kappa shape index (κ1) is 59.6. The molecule has 23 nitrogen and oxygen atoms in total. The second-order valence-corrected chi connectivity index (χ2v) is 19.1. The Kier molecular flexibility index (Phi) is 21.3. The van der Waals surface area contributed by atoms with Gasteiger partial charge in [0.15, 0.2) is 44.5 Å². The molecule has 0 bridgehead atoms. The summed E-state index contributed by atoms with van der Waals surface area (Å²) in [6.45, 7) is 13.1. The minimum Gasteiger partial charge on any atom is -0.545 e. The fourth-order valence-electron chi connectivity index (χ4n) is 9.83. The Morgan fingerprint density at radius 2 is 1.03 bits per heavy atom. The summed E-state index contributed by atoms with van der Waals surface area (Å²) in [4.78, 5) is 93.3. The second kappa shape index (κ2) is 26.5. The molecule has 10 rings (SSSR count). The zero-order valence-corrected chi connectivity index (χ0v) is 43.5. The number of aromatic amines is 4. The predicted octanol–water partition coefficient (Wildman–Crippen LogP) is 0.561. The maximum absolute atomic E-state index is 13.0. The number of nitrogens with two attached hydrogens (primary N) is 2. The maximum Gasteiger partial charge on any atom is 1.00 e. The van der Waals surface area contributed by atoms with Crippen molar-refractivity contribution >= 4 is 104 Å². The Labute approximate surface area is 457 Å². The number of carbonyl (C=O) groups excluding carboxylic acids is 2. The van der Waals surface area contributed by atoms with Gasteiger partial charge in [-0.15, -0.1) is 0 Å². The first-order valence-electron chi connectivity index (χ1n) is 23.5. The van der Waals surface area contributed by atoms with Crippen molar-refractivity contribution in [3.63, 3.8) is 0 Å². The number of H-pyrrole nitrogens is 4. The van der Waals surface area contributed by atoms with Crippen LogP contribution >= 0.6 is 46.4 Å². The van der Waals surface area contributed by atoms with Crippen molar-refractivity contribution in [3.05, 3.63) is 77.0 Å². The molecule has 74 heavy (non-hydrogen) atoms. The van der Waals surface area contributed by atoms with Crippen LogP contribution in [0.4, 0.5) is 28.0 Å². The van der Waals surface area contributed by atoms with E-state index in [-0.39, 0.29) is 80.9 Å². The summed E-state index contributed by atoms with van der Waals surface area (Å²) in [6.07, 6.45) is 6.27. The number of carbonyl (C=O) groups is 2. The number of fused-ring (bicyclic) bond motifs is 2. The number of carboxylic acid groups (broad SMARTS) is 1. The summed E-state index contributed by atoms with van der Waals surface area (Å²) in [6, 6.07) is 7.66. The van der Waals surface area contributed by atoms with E-state index in [0.717, 1.165) is 78.0 Å². The van der Waals surface area contributed by atoms with E-state index < -0.39 is 5.97 Å². The third-order valence-electron chi connectivity index (χ3n) is 13.4. The number of imidazole rings is 2. The molecule has 4 saturated heterocycles. The first-order valence-corrected chi connectivity index (χ1v) is 25.0. The number of nitrogens with zero attached hydrogens (tertiary/aromatic N) is 11. The molecule has 9 N–H and O–H groups in total. The van der Waals surface area contributed by atoms with Gasteiger partial charge in [0, 0.05) is 82.1 Å². The second-order valence-electron chi connectivity index (χ2n) is 17.6. The number of aromatic carboxylic acids is 1. The zero-order chi connectivity index (χ0) is 50.5. The SMILES string of the molecule is C.CC[C@H]1CN(c2nc3[nH]c(=O)[nH]c3nc2Cl)CCN1C1CCN(C(=O)c2ccc(Cl)nc2N)CC1.CC[C@H]1CN(c2nc3[nH]c(=O)[nH]c3nc2Cl)CCN1C1CCNCC1.F.Nc1nc(Cl)ccc1C(=O)[O-].[Li+]. The van der Waals surface area contributed by atoms with E-state index in [1.165, 1.54) is 25.0 Å². The normalized spacial score (nSPS) is 18.8. The zero-order valence-electron chi connectivity index (χ0n) is 40.5. The Balaban J connectivity index is 0.000000227. The molecule has 2 atom stereocenters. The molecule has 1 amide bonds. The molecule has 10 heterocycles. The fraction of sp³-hybridized carbons (Fsp3) is 0.511. The van der Waals surface area contributed by atoms with Crippen LogP contribution in [0.5, 0.6) is 0 Å². The molecule has 6 aromatic rings. The van der Waals surface area contributed by atoms with Gasteiger partial charge >= 0.3 is 30.2 Å². The molecule has 396 valence electrons. The number of piperazine rings is 2. The number of halogens is 5. The summed E-state index contributed by atoms with van der Waals surface area (Å²) in [7, 11) is 0. The van der Waals surface area contributed by atoms with Crippen LogP contribution in [-0.4, -0.2) is 166 Å². The number of hydrogen-bond donors (Lipinski definition) is 7. The number of carboxylic acids is 1. The molecule has 29 heteroatoms. The average molecular weight is 1100 g/mol. The molecular weight excluding hydrogens is 1040 g/mol. The van der Waals surface area contributed by atoms with E-state index in [1.54, 1.807) is 12.1 Å². The standard InChI is InChI=1S/C22H27Cl2N9O2.C16H24ClN7O.C6H5ClN2O2.CH4.FH.Li/c1-2-12-11-32(20-16(24)27-18-19(28-20)30-22(35)29-18)9-10-33(12)13-5-7-31(8-6-13)21(34)14-3-4-15(23)26-17(14)25;1-2-10-9-23(7-8-24(10)11-3-5-18-6-4-11)15-12(17)19-13-14(20-15)22-16(25)21-13;7-4-2-1-3(6(10)11)5(8)9-4;;;/h3-4,12-13H,2,5-11H2,1H3,(H2,25,26)(H2,27,28,29,30,35);10-11,18H,2-9H2,1H3,(H2,19,20,21,22,25);1-2H,(H2,8,9)(H,10,11);1H4;1H;/q;;;;;+1/p-1/t12-;10-;;;;/m00..../s1. The van der Waals surface area contributed by atoms with Crippen LogP contribution in [-0.2, 0) is 0 Å². The fourth-order valence-corrected chi connectivity index (χ4v) is 10.6. The molecule has 0 aliphatic carbocycles. The summed E-state index contributed by atoms with van der Waals surface area (Å²) in [5, 5.41) is 14.8. The Morgan fingerprint density at radius 3 is 1.43 bits per heavy atom. The van der Waals surface area contributed by atoms with Crippen molar-refractivity contribution in [2.45, 2.75) is 84.0 Å². The number of pyridine rings is 2. The number of nitrogens with one attached hydrogen (secondary N) is 5. The van der Waals surface area contributed by atoms with Gasteiger partial charge in [-0.2, -0.15) is 0 Å². The molecule has 4 aliphatic rings. The summed E-state index contributed by atoms with van der Waals surface area (Å²) in [5.74, 6) is -0.178. The molecule has 4 fully saturated rings. The number of hydrogen-bond acceptors (Lipinski definition) is 18. The minimum atomic E-state index is -1.35. The van der Waals surface area contributed by atoms with Gasteiger partial charge in [0.1, 0.15) is 21.9 Å². The summed E-state index contributed by atoms with van der Waals surface area (Å²) in [5.41, 5.74) is 12.3. The smallest absolute Gasteiger partial charge is 0.545 e. The number of anilines is 4. The average Bonchev–Trinajstić information content (AvgIpc) is 3.92. The Hall–Kier alpha value is -5.29. The number of rotatable bonds is 8. The van der Waals surface area contributed by atoms with Gasteiger partial charge in [-0.1, -0.05) is 67.7 Å². The molecule has 0 spiro atoms. The van der Waals surface area contributed by atoms with Crippen molar-refractivity contribution in [2.75, 3.05) is 86.7 Å². The molecule has 4 aliphatic heterocycles. The molecule has 0 unspecified atom stereocenters. The third-order valence-corrected chi connectivity index (χ3v) is 14.4. The van der Waals surface area contributed by atoms with E-state index in [4.69, 9.17) is 57.9 Å².